The van der Waals surface area contributed by atoms with Crippen molar-refractivity contribution in [2.45, 2.75) is 38.9 Å². The lowest BCUT2D eigenvalue weighted by atomic mass is 9.98. The highest BCUT2D eigenvalue weighted by Gasteiger charge is 2.33. The van der Waals surface area contributed by atoms with Crippen LogP contribution in [0.4, 0.5) is 24.0 Å². The number of carbonyl (C=O) groups is 2. The fourth-order valence-electron chi connectivity index (χ4n) is 2.38. The first-order valence-corrected chi connectivity index (χ1v) is 9.30. The molecule has 1 aromatic heterocycles. The number of halogens is 3. The summed E-state index contributed by atoms with van der Waals surface area (Å²) in [6, 6.07) is 5.55. The number of carboxylic acid groups (broad SMARTS) is 1. The Hall–Kier alpha value is -2.62. The van der Waals surface area contributed by atoms with Crippen LogP contribution in [-0.4, -0.2) is 28.0 Å². The van der Waals surface area contributed by atoms with Gasteiger partial charge in [-0.2, -0.15) is 13.2 Å². The molecule has 0 radical (unpaired) electrons. The SMILES string of the molecule is CC(C(=O)N[C@H](C(=O)O)C(C)C)c1ccc(Nc2nc(C(F)(F)F)cs2)cc1. The number of thiazole rings is 1. The highest BCUT2D eigenvalue weighted by molar-refractivity contribution is 7.13. The molecule has 0 saturated carbocycles. The maximum absolute atomic E-state index is 12.6. The van der Waals surface area contributed by atoms with Gasteiger partial charge < -0.3 is 15.7 Å². The molecular weight excluding hydrogens is 395 g/mol. The Balaban J connectivity index is 2.04. The number of hydrogen-bond donors (Lipinski definition) is 3. The molecule has 0 aliphatic heterocycles. The Morgan fingerprint density at radius 2 is 1.75 bits per heavy atom. The van der Waals surface area contributed by atoms with Gasteiger partial charge in [0.05, 0.1) is 5.92 Å². The number of aromatic nitrogens is 1. The number of carbonyl (C=O) groups excluding carboxylic acids is 1. The molecule has 1 unspecified atom stereocenters. The first kappa shape index (κ1) is 21.7. The normalized spacial score (nSPS) is 13.8. The molecule has 0 saturated heterocycles. The molecule has 0 bridgehead atoms. The summed E-state index contributed by atoms with van der Waals surface area (Å²) in [4.78, 5) is 27.0. The predicted molar refractivity (Wildman–Crippen MR) is 99.7 cm³/mol. The molecule has 28 heavy (non-hydrogen) atoms. The van der Waals surface area contributed by atoms with Gasteiger partial charge in [0.25, 0.3) is 0 Å². The Kier molecular flexibility index (Phi) is 6.65. The summed E-state index contributed by atoms with van der Waals surface area (Å²) in [5.41, 5.74) is 0.205. The van der Waals surface area contributed by atoms with E-state index in [1.54, 1.807) is 45.0 Å². The number of anilines is 2. The summed E-state index contributed by atoms with van der Waals surface area (Å²) in [5.74, 6) is -2.38. The van der Waals surface area contributed by atoms with Crippen LogP contribution in [0.15, 0.2) is 29.6 Å². The second-order valence-corrected chi connectivity index (χ2v) is 7.43. The maximum atomic E-state index is 12.6. The van der Waals surface area contributed by atoms with Crippen molar-refractivity contribution in [2.24, 2.45) is 5.92 Å². The molecule has 0 spiro atoms. The molecule has 2 atom stereocenters. The van der Waals surface area contributed by atoms with Gasteiger partial charge in [0.1, 0.15) is 6.04 Å². The van der Waals surface area contributed by atoms with Crippen molar-refractivity contribution in [3.05, 3.63) is 40.9 Å². The second kappa shape index (κ2) is 8.59. The molecule has 10 heteroatoms. The third-order valence-electron chi connectivity index (χ3n) is 4.08. The highest BCUT2D eigenvalue weighted by atomic mass is 32.1. The molecule has 2 aromatic rings. The topological polar surface area (TPSA) is 91.3 Å². The zero-order valence-corrected chi connectivity index (χ0v) is 16.2. The van der Waals surface area contributed by atoms with Crippen LogP contribution < -0.4 is 10.6 Å². The zero-order chi connectivity index (χ0) is 21.1. The molecular formula is C18H20F3N3O3S. The average molecular weight is 415 g/mol. The van der Waals surface area contributed by atoms with Crippen LogP contribution in [0.3, 0.4) is 0 Å². The zero-order valence-electron chi connectivity index (χ0n) is 15.4. The minimum Gasteiger partial charge on any atom is -0.480 e. The lowest BCUT2D eigenvalue weighted by Gasteiger charge is -2.20. The molecule has 0 fully saturated rings. The standard InChI is InChI=1S/C18H20F3N3O3S/c1-9(2)14(16(26)27)24-15(25)10(3)11-4-6-12(7-5-11)22-17-23-13(8-28-17)18(19,20)21/h4-10,14H,1-3H3,(H,22,23)(H,24,25)(H,26,27)/t10?,14-/m0/s1. The van der Waals surface area contributed by atoms with Crippen LogP contribution in [0, 0.1) is 5.92 Å². The first-order valence-electron chi connectivity index (χ1n) is 8.42. The Bertz CT molecular complexity index is 835. The van der Waals surface area contributed by atoms with E-state index in [1.165, 1.54) is 0 Å². The first-order chi connectivity index (χ1) is 13.0. The van der Waals surface area contributed by atoms with E-state index in [2.05, 4.69) is 15.6 Å². The number of nitrogens with one attached hydrogen (secondary N) is 2. The number of carboxylic acids is 1. The molecule has 1 amide bonds. The number of amides is 1. The molecule has 6 nitrogen and oxygen atoms in total. The van der Waals surface area contributed by atoms with Crippen molar-refractivity contribution in [2.75, 3.05) is 5.32 Å². The number of hydrogen-bond acceptors (Lipinski definition) is 5. The monoisotopic (exact) mass is 415 g/mol. The van der Waals surface area contributed by atoms with Crippen LogP contribution in [0.1, 0.15) is 37.9 Å². The third-order valence-corrected chi connectivity index (χ3v) is 4.84. The van der Waals surface area contributed by atoms with Crippen LogP contribution in [-0.2, 0) is 15.8 Å². The number of rotatable bonds is 7. The van der Waals surface area contributed by atoms with E-state index >= 15 is 0 Å². The van der Waals surface area contributed by atoms with Crippen molar-refractivity contribution in [3.8, 4) is 0 Å². The number of alkyl halides is 3. The number of nitrogens with zero attached hydrogens (tertiary/aromatic N) is 1. The summed E-state index contributed by atoms with van der Waals surface area (Å²) in [6.07, 6.45) is -4.49. The van der Waals surface area contributed by atoms with E-state index in [0.717, 1.165) is 16.7 Å². The number of aliphatic carboxylic acids is 1. The van der Waals surface area contributed by atoms with Crippen molar-refractivity contribution in [1.82, 2.24) is 10.3 Å². The Morgan fingerprint density at radius 3 is 2.21 bits per heavy atom. The molecule has 0 aliphatic carbocycles. The molecule has 3 N–H and O–H groups in total. The van der Waals surface area contributed by atoms with E-state index in [1.807, 2.05) is 0 Å². The lowest BCUT2D eigenvalue weighted by Crippen LogP contribution is -2.45. The molecule has 1 aromatic carbocycles. The van der Waals surface area contributed by atoms with Gasteiger partial charge in [0, 0.05) is 11.1 Å². The van der Waals surface area contributed by atoms with Gasteiger partial charge >= 0.3 is 12.1 Å². The van der Waals surface area contributed by atoms with Gasteiger partial charge in [0.2, 0.25) is 5.91 Å². The Labute approximate surface area is 163 Å². The van der Waals surface area contributed by atoms with Gasteiger partial charge in [-0.05, 0) is 30.5 Å². The molecule has 2 rings (SSSR count). The fraction of sp³-hybridized carbons (Fsp3) is 0.389. The van der Waals surface area contributed by atoms with E-state index in [-0.39, 0.29) is 11.0 Å². The van der Waals surface area contributed by atoms with Crippen molar-refractivity contribution in [1.29, 1.82) is 0 Å². The van der Waals surface area contributed by atoms with Gasteiger partial charge in [-0.1, -0.05) is 26.0 Å². The van der Waals surface area contributed by atoms with E-state index in [9.17, 15) is 27.9 Å². The van der Waals surface area contributed by atoms with Crippen molar-refractivity contribution >= 4 is 34.0 Å². The summed E-state index contributed by atoms with van der Waals surface area (Å²) in [6.45, 7) is 5.05. The van der Waals surface area contributed by atoms with Crippen LogP contribution in [0.5, 0.6) is 0 Å². The van der Waals surface area contributed by atoms with Crippen LogP contribution in [0.2, 0.25) is 0 Å². The fourth-order valence-corrected chi connectivity index (χ4v) is 3.12. The quantitative estimate of drug-likeness (QED) is 0.629. The third kappa shape index (κ3) is 5.44. The Morgan fingerprint density at radius 1 is 1.14 bits per heavy atom. The van der Waals surface area contributed by atoms with E-state index in [4.69, 9.17) is 0 Å². The summed E-state index contributed by atoms with van der Waals surface area (Å²) >= 11 is 0.837. The molecule has 0 aliphatic rings. The minimum absolute atomic E-state index is 0.104. The second-order valence-electron chi connectivity index (χ2n) is 6.57. The maximum Gasteiger partial charge on any atom is 0.434 e. The van der Waals surface area contributed by atoms with Crippen LogP contribution in [0.25, 0.3) is 0 Å². The number of benzene rings is 1. The lowest BCUT2D eigenvalue weighted by molar-refractivity contribution is -0.143. The van der Waals surface area contributed by atoms with Crippen LogP contribution >= 0.6 is 11.3 Å². The average Bonchev–Trinajstić information content (AvgIpc) is 3.07. The van der Waals surface area contributed by atoms with Crippen molar-refractivity contribution < 1.29 is 27.9 Å². The smallest absolute Gasteiger partial charge is 0.434 e. The van der Waals surface area contributed by atoms with Gasteiger partial charge in [-0.15, -0.1) is 11.3 Å². The van der Waals surface area contributed by atoms with E-state index in [0.29, 0.717) is 11.3 Å². The molecule has 152 valence electrons. The van der Waals surface area contributed by atoms with Gasteiger partial charge in [-0.3, -0.25) is 4.79 Å². The minimum atomic E-state index is -4.49. The summed E-state index contributed by atoms with van der Waals surface area (Å²) in [7, 11) is 0. The summed E-state index contributed by atoms with van der Waals surface area (Å²) < 4.78 is 37.8. The predicted octanol–water partition coefficient (Wildman–Crippen LogP) is 4.23. The van der Waals surface area contributed by atoms with Crippen molar-refractivity contribution in [3.63, 3.8) is 0 Å². The van der Waals surface area contributed by atoms with Gasteiger partial charge in [0.15, 0.2) is 10.8 Å². The van der Waals surface area contributed by atoms with Gasteiger partial charge in [-0.25, -0.2) is 9.78 Å². The molecule has 1 heterocycles. The summed E-state index contributed by atoms with van der Waals surface area (Å²) in [5, 5.41) is 15.5. The largest absolute Gasteiger partial charge is 0.480 e. The highest BCUT2D eigenvalue weighted by Crippen LogP contribution is 2.32. The van der Waals surface area contributed by atoms with E-state index < -0.39 is 35.7 Å².